The molecule has 0 unspecified atom stereocenters. The topological polar surface area (TPSA) is 50.2 Å². The number of hydrogen-bond donors (Lipinski definition) is 1. The molecule has 1 aromatic carbocycles. The van der Waals surface area contributed by atoms with E-state index in [-0.39, 0.29) is 17.6 Å². The van der Waals surface area contributed by atoms with Crippen molar-refractivity contribution in [2.75, 3.05) is 6.54 Å². The molecule has 26 heavy (non-hydrogen) atoms. The molecule has 1 N–H and O–H groups in total. The van der Waals surface area contributed by atoms with Crippen LogP contribution in [0.4, 0.5) is 4.39 Å². The molecule has 2 aromatic rings. The molecule has 138 valence electrons. The van der Waals surface area contributed by atoms with E-state index in [1.807, 2.05) is 17.7 Å². The Kier molecular flexibility index (Phi) is 4.76. The van der Waals surface area contributed by atoms with Crippen LogP contribution in [0.25, 0.3) is 0 Å². The molecule has 1 fully saturated rings. The largest absolute Gasteiger partial charge is 0.350 e. The lowest BCUT2D eigenvalue weighted by molar-refractivity contribution is -0.127. The third-order valence-corrected chi connectivity index (χ3v) is 5.55. The molecular weight excluding hydrogens is 331 g/mol. The molecule has 2 aliphatic rings. The number of halogens is 1. The maximum Gasteiger partial charge on any atom is 0.223 e. The van der Waals surface area contributed by atoms with Crippen LogP contribution in [-0.4, -0.2) is 27.1 Å². The number of hydrogen-bond acceptors (Lipinski definition) is 3. The van der Waals surface area contributed by atoms with Crippen LogP contribution < -0.4 is 5.32 Å². The lowest BCUT2D eigenvalue weighted by atomic mass is 9.85. The van der Waals surface area contributed by atoms with Crippen molar-refractivity contribution < 1.29 is 9.18 Å². The molecule has 0 spiro atoms. The van der Waals surface area contributed by atoms with Gasteiger partial charge in [0.25, 0.3) is 0 Å². The molecule has 1 aromatic heterocycles. The van der Waals surface area contributed by atoms with Gasteiger partial charge in [0.1, 0.15) is 5.82 Å². The van der Waals surface area contributed by atoms with E-state index in [1.165, 1.54) is 18.2 Å². The molecule has 1 aliphatic heterocycles. The molecule has 6 heteroatoms. The van der Waals surface area contributed by atoms with E-state index in [0.717, 1.165) is 55.8 Å². The van der Waals surface area contributed by atoms with Gasteiger partial charge in [0.15, 0.2) is 0 Å². The zero-order valence-electron chi connectivity index (χ0n) is 15.2. The van der Waals surface area contributed by atoms with E-state index in [2.05, 4.69) is 21.4 Å². The molecule has 0 atom stereocenters. The van der Waals surface area contributed by atoms with Crippen molar-refractivity contribution in [1.82, 2.24) is 20.0 Å². The first-order valence-corrected chi connectivity index (χ1v) is 9.39. The highest BCUT2D eigenvalue weighted by Gasteiger charge is 2.25. The van der Waals surface area contributed by atoms with Crippen molar-refractivity contribution in [3.05, 3.63) is 52.6 Å². The summed E-state index contributed by atoms with van der Waals surface area (Å²) >= 11 is 0. The van der Waals surface area contributed by atoms with Gasteiger partial charge in [-0.2, -0.15) is 5.10 Å². The van der Waals surface area contributed by atoms with Gasteiger partial charge >= 0.3 is 0 Å². The summed E-state index contributed by atoms with van der Waals surface area (Å²) in [5, 5.41) is 7.63. The summed E-state index contributed by atoms with van der Waals surface area (Å²) < 4.78 is 15.3. The fourth-order valence-corrected chi connectivity index (χ4v) is 3.67. The fourth-order valence-electron chi connectivity index (χ4n) is 3.67. The quantitative estimate of drug-likeness (QED) is 0.896. The molecule has 0 radical (unpaired) electrons. The van der Waals surface area contributed by atoms with Crippen molar-refractivity contribution >= 4 is 5.91 Å². The summed E-state index contributed by atoms with van der Waals surface area (Å²) in [6.07, 6.45) is 3.20. The number of nitrogens with one attached hydrogen (secondary N) is 1. The van der Waals surface area contributed by atoms with Crippen molar-refractivity contribution in [2.45, 2.75) is 52.4 Å². The summed E-state index contributed by atoms with van der Waals surface area (Å²) in [6, 6.07) is 7.08. The number of amides is 1. The summed E-state index contributed by atoms with van der Waals surface area (Å²) in [7, 11) is 0. The number of rotatable bonds is 5. The highest BCUT2D eigenvalue weighted by molar-refractivity contribution is 5.79. The second kappa shape index (κ2) is 7.19. The Balaban J connectivity index is 1.36. The van der Waals surface area contributed by atoms with Crippen LogP contribution in [0.5, 0.6) is 0 Å². The summed E-state index contributed by atoms with van der Waals surface area (Å²) in [4.78, 5) is 14.3. The first-order valence-electron chi connectivity index (χ1n) is 9.39. The number of fused-ring (bicyclic) bond motifs is 1. The predicted molar refractivity (Wildman–Crippen MR) is 96.7 cm³/mol. The minimum Gasteiger partial charge on any atom is -0.350 e. The Morgan fingerprint density at radius 2 is 2.15 bits per heavy atom. The van der Waals surface area contributed by atoms with E-state index in [1.54, 1.807) is 6.07 Å². The molecule has 5 nitrogen and oxygen atoms in total. The van der Waals surface area contributed by atoms with Crippen LogP contribution in [0.2, 0.25) is 0 Å². The van der Waals surface area contributed by atoms with Gasteiger partial charge in [0.05, 0.1) is 24.5 Å². The van der Waals surface area contributed by atoms with E-state index in [0.29, 0.717) is 6.54 Å². The first kappa shape index (κ1) is 17.2. The Morgan fingerprint density at radius 1 is 1.31 bits per heavy atom. The number of aromatic nitrogens is 2. The SMILES string of the molecule is Cc1cc(F)ccc1CN1CCn2nc(CNC(=O)C3CCC3)cc2C1. The summed E-state index contributed by atoms with van der Waals surface area (Å²) in [6.45, 7) is 5.85. The first-order chi connectivity index (χ1) is 12.6. The van der Waals surface area contributed by atoms with Gasteiger partial charge in [-0.1, -0.05) is 12.5 Å². The number of nitrogens with zero attached hydrogens (tertiary/aromatic N) is 3. The third-order valence-electron chi connectivity index (χ3n) is 5.55. The monoisotopic (exact) mass is 356 g/mol. The molecule has 1 aliphatic carbocycles. The Labute approximate surface area is 153 Å². The van der Waals surface area contributed by atoms with Crippen molar-refractivity contribution in [3.8, 4) is 0 Å². The molecule has 1 saturated carbocycles. The number of carbonyl (C=O) groups excluding carboxylic acids is 1. The Morgan fingerprint density at radius 3 is 2.88 bits per heavy atom. The number of carbonyl (C=O) groups is 1. The van der Waals surface area contributed by atoms with Crippen molar-refractivity contribution in [2.24, 2.45) is 5.92 Å². The lowest BCUT2D eigenvalue weighted by Crippen LogP contribution is -2.34. The van der Waals surface area contributed by atoms with Crippen LogP contribution in [-0.2, 0) is 31.0 Å². The molecule has 0 saturated heterocycles. The average molecular weight is 356 g/mol. The van der Waals surface area contributed by atoms with Crippen LogP contribution in [0.1, 0.15) is 41.8 Å². The number of benzene rings is 1. The second-order valence-corrected chi connectivity index (χ2v) is 7.48. The summed E-state index contributed by atoms with van der Waals surface area (Å²) in [5.41, 5.74) is 4.24. The van der Waals surface area contributed by atoms with Crippen LogP contribution in [0, 0.1) is 18.7 Å². The van der Waals surface area contributed by atoms with E-state index in [9.17, 15) is 9.18 Å². The zero-order valence-corrected chi connectivity index (χ0v) is 15.2. The standard InChI is InChI=1S/C20H25FN4O/c1-14-9-17(21)6-5-16(14)12-24-7-8-25-19(13-24)10-18(23-25)11-22-20(26)15-3-2-4-15/h5-6,9-10,15H,2-4,7-8,11-13H2,1H3,(H,22,26). The van der Waals surface area contributed by atoms with Gasteiger partial charge in [0.2, 0.25) is 5.91 Å². The predicted octanol–water partition coefficient (Wildman–Crippen LogP) is 2.76. The normalized spacial score (nSPS) is 17.6. The van der Waals surface area contributed by atoms with Crippen LogP contribution in [0.15, 0.2) is 24.3 Å². The second-order valence-electron chi connectivity index (χ2n) is 7.48. The lowest BCUT2D eigenvalue weighted by Gasteiger charge is -2.28. The minimum absolute atomic E-state index is 0.163. The smallest absolute Gasteiger partial charge is 0.223 e. The fraction of sp³-hybridized carbons (Fsp3) is 0.500. The average Bonchev–Trinajstić information content (AvgIpc) is 2.96. The molecule has 2 heterocycles. The highest BCUT2D eigenvalue weighted by Crippen LogP contribution is 2.26. The highest BCUT2D eigenvalue weighted by atomic mass is 19.1. The molecular formula is C20H25FN4O. The van der Waals surface area contributed by atoms with Crippen molar-refractivity contribution in [1.29, 1.82) is 0 Å². The van der Waals surface area contributed by atoms with Gasteiger partial charge in [-0.3, -0.25) is 14.4 Å². The minimum atomic E-state index is -0.184. The van der Waals surface area contributed by atoms with Gasteiger partial charge in [-0.15, -0.1) is 0 Å². The Hall–Kier alpha value is -2.21. The van der Waals surface area contributed by atoms with Gasteiger partial charge < -0.3 is 5.32 Å². The van der Waals surface area contributed by atoms with Crippen LogP contribution >= 0.6 is 0 Å². The summed E-state index contributed by atoms with van der Waals surface area (Å²) in [5.74, 6) is 0.189. The molecule has 0 bridgehead atoms. The Bertz CT molecular complexity index is 812. The van der Waals surface area contributed by atoms with E-state index >= 15 is 0 Å². The molecule has 1 amide bonds. The van der Waals surface area contributed by atoms with Gasteiger partial charge in [-0.25, -0.2) is 4.39 Å². The van der Waals surface area contributed by atoms with Crippen LogP contribution in [0.3, 0.4) is 0 Å². The van der Waals surface area contributed by atoms with Gasteiger partial charge in [0, 0.05) is 25.6 Å². The molecule has 4 rings (SSSR count). The maximum atomic E-state index is 13.3. The van der Waals surface area contributed by atoms with Crippen molar-refractivity contribution in [3.63, 3.8) is 0 Å². The van der Waals surface area contributed by atoms with Gasteiger partial charge in [-0.05, 0) is 49.1 Å². The number of aryl methyl sites for hydroxylation is 1. The third kappa shape index (κ3) is 3.65. The van der Waals surface area contributed by atoms with E-state index < -0.39 is 0 Å². The maximum absolute atomic E-state index is 13.3. The van der Waals surface area contributed by atoms with E-state index in [4.69, 9.17) is 0 Å². The zero-order chi connectivity index (χ0) is 18.1.